The Kier molecular flexibility index (Phi) is 2.17. The van der Waals surface area contributed by atoms with E-state index in [-0.39, 0.29) is 0 Å². The Morgan fingerprint density at radius 1 is 1.50 bits per heavy atom. The summed E-state index contributed by atoms with van der Waals surface area (Å²) < 4.78 is 5.78. The quantitative estimate of drug-likeness (QED) is 0.705. The standard InChI is InChI=1S/C9H9N3OS/c1-6-3-8(5-13)7(2)12(6)9-4-10-11-14-9/h3-5H,1-2H3. The summed E-state index contributed by atoms with van der Waals surface area (Å²) in [6.45, 7) is 3.87. The Hall–Kier alpha value is -1.49. The minimum absolute atomic E-state index is 0.718. The van der Waals surface area contributed by atoms with Gasteiger partial charge < -0.3 is 4.57 Å². The molecule has 0 N–H and O–H groups in total. The van der Waals surface area contributed by atoms with Crippen molar-refractivity contribution < 1.29 is 4.79 Å². The Labute approximate surface area is 85.4 Å². The first kappa shape index (κ1) is 9.08. The van der Waals surface area contributed by atoms with Crippen LogP contribution in [0.5, 0.6) is 0 Å². The van der Waals surface area contributed by atoms with Crippen LogP contribution in [-0.2, 0) is 0 Å². The van der Waals surface area contributed by atoms with Crippen LogP contribution in [0.3, 0.4) is 0 Å². The fraction of sp³-hybridized carbons (Fsp3) is 0.222. The molecule has 0 unspecified atom stereocenters. The number of hydrogen-bond donors (Lipinski definition) is 0. The van der Waals surface area contributed by atoms with Gasteiger partial charge in [0.15, 0.2) is 6.29 Å². The molecule has 0 spiro atoms. The van der Waals surface area contributed by atoms with Crippen molar-refractivity contribution in [1.29, 1.82) is 0 Å². The minimum Gasteiger partial charge on any atom is -0.307 e. The fourth-order valence-electron chi connectivity index (χ4n) is 1.51. The Morgan fingerprint density at radius 2 is 2.29 bits per heavy atom. The maximum absolute atomic E-state index is 10.7. The van der Waals surface area contributed by atoms with Gasteiger partial charge in [0.1, 0.15) is 5.00 Å². The second kappa shape index (κ2) is 3.34. The van der Waals surface area contributed by atoms with Crippen LogP contribution in [0.2, 0.25) is 0 Å². The van der Waals surface area contributed by atoms with Gasteiger partial charge in [-0.15, -0.1) is 5.10 Å². The summed E-state index contributed by atoms with van der Waals surface area (Å²) in [6, 6.07) is 1.86. The molecule has 0 bridgehead atoms. The van der Waals surface area contributed by atoms with Gasteiger partial charge in [0.2, 0.25) is 0 Å². The van der Waals surface area contributed by atoms with Crippen molar-refractivity contribution in [3.8, 4) is 5.00 Å². The number of aromatic nitrogens is 3. The van der Waals surface area contributed by atoms with Gasteiger partial charge >= 0.3 is 0 Å². The van der Waals surface area contributed by atoms with Gasteiger partial charge in [0.25, 0.3) is 0 Å². The SMILES string of the molecule is Cc1cc(C=O)c(C)n1-c1cnns1. The van der Waals surface area contributed by atoms with Gasteiger partial charge in [-0.05, 0) is 19.9 Å². The molecule has 0 saturated carbocycles. The third-order valence-corrected chi connectivity index (χ3v) is 2.82. The van der Waals surface area contributed by atoms with E-state index in [0.717, 1.165) is 28.2 Å². The lowest BCUT2D eigenvalue weighted by molar-refractivity contribution is 0.112. The highest BCUT2D eigenvalue weighted by molar-refractivity contribution is 7.08. The number of carbonyl (C=O) groups is 1. The molecule has 0 aliphatic rings. The number of rotatable bonds is 2. The Morgan fingerprint density at radius 3 is 2.79 bits per heavy atom. The molecule has 0 atom stereocenters. The molecule has 0 aliphatic carbocycles. The lowest BCUT2D eigenvalue weighted by Crippen LogP contribution is -1.96. The summed E-state index contributed by atoms with van der Waals surface area (Å²) in [5.74, 6) is 0. The van der Waals surface area contributed by atoms with Gasteiger partial charge in [-0.3, -0.25) is 4.79 Å². The van der Waals surface area contributed by atoms with Crippen LogP contribution in [0.25, 0.3) is 5.00 Å². The number of aldehydes is 1. The van der Waals surface area contributed by atoms with E-state index in [1.807, 2.05) is 24.5 Å². The van der Waals surface area contributed by atoms with E-state index in [4.69, 9.17) is 0 Å². The van der Waals surface area contributed by atoms with Crippen LogP contribution in [0.1, 0.15) is 21.7 Å². The summed E-state index contributed by atoms with van der Waals surface area (Å²) in [5.41, 5.74) is 2.68. The van der Waals surface area contributed by atoms with Crippen LogP contribution in [0.4, 0.5) is 0 Å². The monoisotopic (exact) mass is 207 g/mol. The summed E-state index contributed by atoms with van der Waals surface area (Å²) in [7, 11) is 0. The van der Waals surface area contributed by atoms with Crippen molar-refractivity contribution in [2.24, 2.45) is 0 Å². The fourth-order valence-corrected chi connectivity index (χ4v) is 2.14. The van der Waals surface area contributed by atoms with E-state index in [1.165, 1.54) is 11.5 Å². The Bertz CT molecular complexity index is 459. The highest BCUT2D eigenvalue weighted by atomic mass is 32.1. The molecule has 2 aromatic rings. The van der Waals surface area contributed by atoms with E-state index in [0.29, 0.717) is 0 Å². The van der Waals surface area contributed by atoms with Gasteiger partial charge in [-0.1, -0.05) is 4.49 Å². The maximum atomic E-state index is 10.7. The van der Waals surface area contributed by atoms with Crippen molar-refractivity contribution in [2.75, 3.05) is 0 Å². The molecule has 0 aromatic carbocycles. The van der Waals surface area contributed by atoms with Gasteiger partial charge in [0.05, 0.1) is 6.20 Å². The maximum Gasteiger partial charge on any atom is 0.151 e. The van der Waals surface area contributed by atoms with Gasteiger partial charge in [-0.25, -0.2) is 0 Å². The largest absolute Gasteiger partial charge is 0.307 e. The first-order valence-corrected chi connectivity index (χ1v) is 4.93. The van der Waals surface area contributed by atoms with E-state index in [1.54, 1.807) is 6.20 Å². The van der Waals surface area contributed by atoms with E-state index in [9.17, 15) is 4.79 Å². The lowest BCUT2D eigenvalue weighted by atomic mass is 10.3. The number of carbonyl (C=O) groups excluding carboxylic acids is 1. The highest BCUT2D eigenvalue weighted by Crippen LogP contribution is 2.20. The summed E-state index contributed by atoms with van der Waals surface area (Å²) in [5, 5.41) is 4.71. The van der Waals surface area contributed by atoms with Crippen LogP contribution in [0, 0.1) is 13.8 Å². The topological polar surface area (TPSA) is 47.8 Å². The zero-order chi connectivity index (χ0) is 10.1. The molecule has 2 rings (SSSR count). The Balaban J connectivity index is 2.64. The number of nitrogens with zero attached hydrogens (tertiary/aromatic N) is 3. The van der Waals surface area contributed by atoms with E-state index < -0.39 is 0 Å². The normalized spacial score (nSPS) is 10.4. The van der Waals surface area contributed by atoms with Crippen molar-refractivity contribution in [1.82, 2.24) is 14.2 Å². The first-order chi connectivity index (χ1) is 6.74. The van der Waals surface area contributed by atoms with Crippen molar-refractivity contribution in [3.63, 3.8) is 0 Å². The molecule has 72 valence electrons. The molecule has 0 amide bonds. The average Bonchev–Trinajstić information content (AvgIpc) is 2.74. The van der Waals surface area contributed by atoms with Gasteiger partial charge in [0, 0.05) is 28.5 Å². The van der Waals surface area contributed by atoms with Crippen LogP contribution in [0.15, 0.2) is 12.3 Å². The smallest absolute Gasteiger partial charge is 0.151 e. The van der Waals surface area contributed by atoms with Crippen LogP contribution in [-0.4, -0.2) is 20.4 Å². The van der Waals surface area contributed by atoms with Crippen LogP contribution >= 0.6 is 11.5 Å². The predicted molar refractivity (Wildman–Crippen MR) is 54.1 cm³/mol. The molecular weight excluding hydrogens is 198 g/mol. The lowest BCUT2D eigenvalue weighted by Gasteiger charge is -2.03. The predicted octanol–water partition coefficient (Wildman–Crippen LogP) is 1.76. The van der Waals surface area contributed by atoms with E-state index in [2.05, 4.69) is 9.59 Å². The van der Waals surface area contributed by atoms with Crippen molar-refractivity contribution in [2.45, 2.75) is 13.8 Å². The number of aryl methyl sites for hydroxylation is 1. The molecule has 4 nitrogen and oxygen atoms in total. The zero-order valence-electron chi connectivity index (χ0n) is 7.89. The molecule has 0 aliphatic heterocycles. The average molecular weight is 207 g/mol. The second-order valence-corrected chi connectivity index (χ2v) is 3.80. The molecule has 2 heterocycles. The summed E-state index contributed by atoms with van der Waals surface area (Å²) in [6.07, 6.45) is 2.56. The number of hydrogen-bond acceptors (Lipinski definition) is 4. The molecule has 14 heavy (non-hydrogen) atoms. The second-order valence-electron chi connectivity index (χ2n) is 3.04. The minimum atomic E-state index is 0.718. The molecule has 5 heteroatoms. The third-order valence-electron chi connectivity index (χ3n) is 2.17. The first-order valence-electron chi connectivity index (χ1n) is 4.16. The third kappa shape index (κ3) is 1.26. The summed E-state index contributed by atoms with van der Waals surface area (Å²) >= 11 is 1.31. The van der Waals surface area contributed by atoms with Crippen molar-refractivity contribution >= 4 is 17.8 Å². The molecule has 0 saturated heterocycles. The van der Waals surface area contributed by atoms with Crippen LogP contribution < -0.4 is 0 Å². The molecular formula is C9H9N3OS. The highest BCUT2D eigenvalue weighted by Gasteiger charge is 2.10. The van der Waals surface area contributed by atoms with E-state index >= 15 is 0 Å². The molecule has 2 aromatic heterocycles. The molecule has 0 fully saturated rings. The molecule has 0 radical (unpaired) electrons. The van der Waals surface area contributed by atoms with Gasteiger partial charge in [-0.2, -0.15) is 0 Å². The van der Waals surface area contributed by atoms with Crippen molar-refractivity contribution in [3.05, 3.63) is 29.2 Å². The summed E-state index contributed by atoms with van der Waals surface area (Å²) in [4.78, 5) is 10.7. The zero-order valence-corrected chi connectivity index (χ0v) is 8.71.